The van der Waals surface area contributed by atoms with Crippen LogP contribution in [0, 0.1) is 13.8 Å². The van der Waals surface area contributed by atoms with Gasteiger partial charge >= 0.3 is 0 Å². The van der Waals surface area contributed by atoms with Crippen LogP contribution >= 0.6 is 0 Å². The quantitative estimate of drug-likeness (QED) is 0.457. The first kappa shape index (κ1) is 20.1. The molecule has 0 saturated heterocycles. The molecule has 2 aromatic carbocycles. The number of ether oxygens (including phenoxy) is 1. The van der Waals surface area contributed by atoms with Crippen LogP contribution < -0.4 is 15.4 Å². The smallest absolute Gasteiger partial charge is 0.247 e. The lowest BCUT2D eigenvalue weighted by Gasteiger charge is -2.13. The molecule has 0 fully saturated rings. The zero-order chi connectivity index (χ0) is 22.0. The van der Waals surface area contributed by atoms with Gasteiger partial charge in [0.2, 0.25) is 5.91 Å². The average molecular weight is 414 g/mol. The fraction of sp³-hybridized carbons (Fsp3) is 0.130. The van der Waals surface area contributed by atoms with E-state index in [1.54, 1.807) is 19.5 Å². The van der Waals surface area contributed by atoms with Gasteiger partial charge in [0.05, 0.1) is 18.1 Å². The summed E-state index contributed by atoms with van der Waals surface area (Å²) in [5.74, 6) is 1.81. The number of hydrogen-bond acceptors (Lipinski definition) is 6. The Morgan fingerprint density at radius 2 is 1.94 bits per heavy atom. The molecule has 0 radical (unpaired) electrons. The minimum Gasteiger partial charge on any atom is -0.496 e. The van der Waals surface area contributed by atoms with Crippen molar-refractivity contribution in [2.24, 2.45) is 0 Å². The summed E-state index contributed by atoms with van der Waals surface area (Å²) < 4.78 is 7.30. The lowest BCUT2D eigenvalue weighted by Crippen LogP contribution is -2.07. The van der Waals surface area contributed by atoms with Crippen LogP contribution in [0.15, 0.2) is 61.7 Å². The van der Waals surface area contributed by atoms with E-state index in [1.165, 1.54) is 12.4 Å². The maximum absolute atomic E-state index is 11.6. The monoisotopic (exact) mass is 414 g/mol. The topological polar surface area (TPSA) is 94.0 Å². The molecule has 4 rings (SSSR count). The standard InChI is InChI=1S/C23H22N6O2/c1-5-23(30)28-16-6-7-18-19(9-16)29(13-26-18)22-11-21(24-12-25-22)27-17-8-14(2)15(3)20(10-17)31-4/h5-13H,1H2,2-4H3,(H,28,30)(H,24,25,27). The highest BCUT2D eigenvalue weighted by Gasteiger charge is 2.10. The highest BCUT2D eigenvalue weighted by Crippen LogP contribution is 2.28. The molecule has 1 amide bonds. The third-order valence-electron chi connectivity index (χ3n) is 5.01. The molecule has 156 valence electrons. The SMILES string of the molecule is C=CC(=O)Nc1ccc2ncn(-c3cc(Nc4cc(C)c(C)c(OC)c4)ncn3)c2c1. The van der Waals surface area contributed by atoms with Crippen molar-refractivity contribution in [1.82, 2.24) is 19.5 Å². The molecule has 0 bridgehead atoms. The summed E-state index contributed by atoms with van der Waals surface area (Å²) in [5, 5.41) is 6.07. The molecule has 31 heavy (non-hydrogen) atoms. The second-order valence-corrected chi connectivity index (χ2v) is 7.02. The van der Waals surface area contributed by atoms with Crippen molar-refractivity contribution >= 4 is 34.1 Å². The minimum absolute atomic E-state index is 0.275. The summed E-state index contributed by atoms with van der Waals surface area (Å²) in [6.07, 6.45) is 4.41. The molecule has 4 aromatic rings. The highest BCUT2D eigenvalue weighted by atomic mass is 16.5. The van der Waals surface area contributed by atoms with E-state index in [-0.39, 0.29) is 5.91 Å². The minimum atomic E-state index is -0.275. The van der Waals surface area contributed by atoms with Crippen molar-refractivity contribution in [3.8, 4) is 11.6 Å². The van der Waals surface area contributed by atoms with E-state index >= 15 is 0 Å². The maximum atomic E-state index is 11.6. The fourth-order valence-corrected chi connectivity index (χ4v) is 3.27. The molecule has 8 nitrogen and oxygen atoms in total. The van der Waals surface area contributed by atoms with Crippen LogP contribution in [0.4, 0.5) is 17.2 Å². The third kappa shape index (κ3) is 4.09. The summed E-state index contributed by atoms with van der Waals surface area (Å²) in [6.45, 7) is 7.54. The molecule has 0 aliphatic carbocycles. The van der Waals surface area contributed by atoms with Crippen molar-refractivity contribution in [2.75, 3.05) is 17.7 Å². The summed E-state index contributed by atoms with van der Waals surface area (Å²) in [7, 11) is 1.66. The molecule has 2 aromatic heterocycles. The first-order valence-corrected chi connectivity index (χ1v) is 9.63. The van der Waals surface area contributed by atoms with Crippen LogP contribution in [0.3, 0.4) is 0 Å². The number of carbonyl (C=O) groups excluding carboxylic acids is 1. The van der Waals surface area contributed by atoms with Gasteiger partial charge in [0, 0.05) is 23.5 Å². The molecule has 0 aliphatic rings. The Morgan fingerprint density at radius 3 is 2.71 bits per heavy atom. The van der Waals surface area contributed by atoms with Crippen LogP contribution in [0.1, 0.15) is 11.1 Å². The van der Waals surface area contributed by atoms with Crippen molar-refractivity contribution in [2.45, 2.75) is 13.8 Å². The van der Waals surface area contributed by atoms with Crippen LogP contribution in [0.5, 0.6) is 5.75 Å². The number of fused-ring (bicyclic) bond motifs is 1. The van der Waals surface area contributed by atoms with E-state index in [0.29, 0.717) is 17.3 Å². The number of hydrogen-bond donors (Lipinski definition) is 2. The van der Waals surface area contributed by atoms with Crippen molar-refractivity contribution in [3.05, 3.63) is 72.8 Å². The Labute approximate surface area is 179 Å². The number of imidazole rings is 1. The van der Waals surface area contributed by atoms with Crippen molar-refractivity contribution in [1.29, 1.82) is 0 Å². The van der Waals surface area contributed by atoms with Gasteiger partial charge in [-0.05, 0) is 55.3 Å². The van der Waals surface area contributed by atoms with E-state index in [0.717, 1.165) is 33.6 Å². The number of benzene rings is 2. The number of anilines is 3. The normalized spacial score (nSPS) is 10.7. The van der Waals surface area contributed by atoms with E-state index in [2.05, 4.69) is 32.2 Å². The molecule has 2 heterocycles. The second kappa shape index (κ2) is 8.27. The van der Waals surface area contributed by atoms with Gasteiger partial charge in [0.25, 0.3) is 0 Å². The van der Waals surface area contributed by atoms with Crippen molar-refractivity contribution < 1.29 is 9.53 Å². The van der Waals surface area contributed by atoms with Gasteiger partial charge in [0.15, 0.2) is 0 Å². The van der Waals surface area contributed by atoms with Crippen LogP contribution in [-0.2, 0) is 4.79 Å². The van der Waals surface area contributed by atoms with Crippen LogP contribution in [0.2, 0.25) is 0 Å². The van der Waals surface area contributed by atoms with Gasteiger partial charge in [-0.15, -0.1) is 0 Å². The number of rotatable bonds is 6. The number of carbonyl (C=O) groups is 1. The lowest BCUT2D eigenvalue weighted by atomic mass is 10.1. The summed E-state index contributed by atoms with van der Waals surface area (Å²) in [6, 6.07) is 11.3. The molecule has 0 saturated carbocycles. The zero-order valence-electron chi connectivity index (χ0n) is 17.5. The first-order valence-electron chi connectivity index (χ1n) is 9.63. The van der Waals surface area contributed by atoms with E-state index in [4.69, 9.17) is 4.74 Å². The van der Waals surface area contributed by atoms with Crippen molar-refractivity contribution in [3.63, 3.8) is 0 Å². The van der Waals surface area contributed by atoms with Gasteiger partial charge in [0.1, 0.15) is 30.0 Å². The number of nitrogens with one attached hydrogen (secondary N) is 2. The zero-order valence-corrected chi connectivity index (χ0v) is 17.5. The lowest BCUT2D eigenvalue weighted by molar-refractivity contribution is -0.111. The second-order valence-electron chi connectivity index (χ2n) is 7.02. The fourth-order valence-electron chi connectivity index (χ4n) is 3.27. The van der Waals surface area contributed by atoms with Gasteiger partial charge in [-0.1, -0.05) is 6.58 Å². The molecule has 2 N–H and O–H groups in total. The number of amides is 1. The average Bonchev–Trinajstić information content (AvgIpc) is 3.19. The van der Waals surface area contributed by atoms with Gasteiger partial charge < -0.3 is 15.4 Å². The Morgan fingerprint density at radius 1 is 1.10 bits per heavy atom. The van der Waals surface area contributed by atoms with Crippen LogP contribution in [0.25, 0.3) is 16.9 Å². The Kier molecular flexibility index (Phi) is 5.36. The number of nitrogens with zero attached hydrogens (tertiary/aromatic N) is 4. The predicted octanol–water partition coefficient (Wildman–Crippen LogP) is 4.31. The Hall–Kier alpha value is -4.20. The number of aryl methyl sites for hydroxylation is 1. The van der Waals surface area contributed by atoms with E-state index in [9.17, 15) is 4.79 Å². The molecule has 0 unspecified atom stereocenters. The highest BCUT2D eigenvalue weighted by molar-refractivity contribution is 6.00. The van der Waals surface area contributed by atoms with E-state index in [1.807, 2.05) is 48.7 Å². The summed E-state index contributed by atoms with van der Waals surface area (Å²) >= 11 is 0. The third-order valence-corrected chi connectivity index (χ3v) is 5.01. The maximum Gasteiger partial charge on any atom is 0.247 e. The molecule has 0 atom stereocenters. The van der Waals surface area contributed by atoms with Gasteiger partial charge in [-0.25, -0.2) is 15.0 Å². The Balaban J connectivity index is 1.68. The predicted molar refractivity (Wildman–Crippen MR) is 121 cm³/mol. The largest absolute Gasteiger partial charge is 0.496 e. The number of methoxy groups -OCH3 is 1. The summed E-state index contributed by atoms with van der Waals surface area (Å²) in [4.78, 5) is 24.8. The van der Waals surface area contributed by atoms with E-state index < -0.39 is 0 Å². The molecule has 8 heteroatoms. The first-order chi connectivity index (χ1) is 15.0. The summed E-state index contributed by atoms with van der Waals surface area (Å²) in [5.41, 5.74) is 5.32. The van der Waals surface area contributed by atoms with Gasteiger partial charge in [-0.2, -0.15) is 0 Å². The van der Waals surface area contributed by atoms with Crippen LogP contribution in [-0.4, -0.2) is 32.5 Å². The van der Waals surface area contributed by atoms with Gasteiger partial charge in [-0.3, -0.25) is 9.36 Å². The molecule has 0 spiro atoms. The molecular formula is C23H22N6O2. The Bertz CT molecular complexity index is 1290. The molecular weight excluding hydrogens is 392 g/mol. The molecule has 0 aliphatic heterocycles. The number of aromatic nitrogens is 4.